The maximum atomic E-state index is 12.2. The number of halogens is 2. The summed E-state index contributed by atoms with van der Waals surface area (Å²) in [5, 5.41) is 0. The molecule has 0 spiro atoms. The van der Waals surface area contributed by atoms with Crippen LogP contribution in [0.2, 0.25) is 0 Å². The van der Waals surface area contributed by atoms with Gasteiger partial charge in [-0.25, -0.2) is 8.78 Å². The van der Waals surface area contributed by atoms with Crippen LogP contribution in [0.3, 0.4) is 0 Å². The minimum absolute atomic E-state index is 0.283. The van der Waals surface area contributed by atoms with Crippen molar-refractivity contribution in [2.45, 2.75) is 50.7 Å². The van der Waals surface area contributed by atoms with E-state index in [9.17, 15) is 8.78 Å². The lowest BCUT2D eigenvalue weighted by Crippen LogP contribution is -2.40. The molecular weight excluding hydrogens is 190 g/mol. The van der Waals surface area contributed by atoms with Gasteiger partial charge in [0, 0.05) is 6.61 Å². The quantitative estimate of drug-likeness (QED) is 0.513. The van der Waals surface area contributed by atoms with E-state index in [-0.39, 0.29) is 6.10 Å². The molecule has 2 atom stereocenters. The summed E-state index contributed by atoms with van der Waals surface area (Å²) in [6, 6.07) is -0.878. The Bertz CT molecular complexity index is 152. The van der Waals surface area contributed by atoms with Gasteiger partial charge in [0.2, 0.25) is 0 Å². The molecule has 1 saturated heterocycles. The van der Waals surface area contributed by atoms with Gasteiger partial charge in [-0.05, 0) is 32.1 Å². The maximum Gasteiger partial charge on any atom is 0.255 e. The Morgan fingerprint density at radius 3 is 2.79 bits per heavy atom. The third-order valence-electron chi connectivity index (χ3n) is 2.58. The van der Waals surface area contributed by atoms with E-state index in [0.717, 1.165) is 32.3 Å². The molecule has 1 heterocycles. The van der Waals surface area contributed by atoms with Crippen molar-refractivity contribution in [1.82, 2.24) is 5.43 Å². The molecule has 0 radical (unpaired) electrons. The lowest BCUT2D eigenvalue weighted by Gasteiger charge is -2.15. The van der Waals surface area contributed by atoms with Crippen LogP contribution < -0.4 is 11.3 Å². The van der Waals surface area contributed by atoms with E-state index in [2.05, 4.69) is 5.43 Å². The molecule has 1 fully saturated rings. The van der Waals surface area contributed by atoms with Crippen molar-refractivity contribution in [1.29, 1.82) is 0 Å². The first-order chi connectivity index (χ1) is 6.74. The molecule has 3 N–H and O–H groups in total. The second kappa shape index (κ2) is 6.27. The van der Waals surface area contributed by atoms with Crippen LogP contribution in [-0.2, 0) is 4.74 Å². The van der Waals surface area contributed by atoms with Crippen LogP contribution in [0.4, 0.5) is 8.78 Å². The lowest BCUT2D eigenvalue weighted by atomic mass is 10.1. The summed E-state index contributed by atoms with van der Waals surface area (Å²) in [5.41, 5.74) is 2.14. The van der Waals surface area contributed by atoms with Crippen LogP contribution in [0.1, 0.15) is 32.1 Å². The first-order valence-electron chi connectivity index (χ1n) is 5.10. The number of nitrogens with two attached hydrogens (primary N) is 1. The highest BCUT2D eigenvalue weighted by atomic mass is 19.3. The Kier molecular flexibility index (Phi) is 5.29. The maximum absolute atomic E-state index is 12.2. The molecule has 0 amide bonds. The van der Waals surface area contributed by atoms with Crippen molar-refractivity contribution < 1.29 is 13.5 Å². The van der Waals surface area contributed by atoms with E-state index >= 15 is 0 Å². The molecule has 1 rings (SSSR count). The van der Waals surface area contributed by atoms with Crippen molar-refractivity contribution in [2.75, 3.05) is 6.61 Å². The Morgan fingerprint density at radius 2 is 2.29 bits per heavy atom. The first kappa shape index (κ1) is 11.8. The Hall–Kier alpha value is -0.260. The first-order valence-corrected chi connectivity index (χ1v) is 5.10. The number of rotatable bonds is 6. The van der Waals surface area contributed by atoms with Crippen LogP contribution in [0.15, 0.2) is 0 Å². The molecule has 0 aromatic carbocycles. The van der Waals surface area contributed by atoms with E-state index in [1.54, 1.807) is 0 Å². The third-order valence-corrected chi connectivity index (χ3v) is 2.58. The zero-order valence-corrected chi connectivity index (χ0v) is 8.22. The molecule has 1 aliphatic heterocycles. The number of hydrazine groups is 1. The Morgan fingerprint density at radius 1 is 1.50 bits per heavy atom. The second-order valence-electron chi connectivity index (χ2n) is 3.67. The highest BCUT2D eigenvalue weighted by Gasteiger charge is 2.20. The molecule has 0 aliphatic carbocycles. The molecular formula is C9H18F2N2O. The fourth-order valence-electron chi connectivity index (χ4n) is 1.72. The van der Waals surface area contributed by atoms with Gasteiger partial charge in [-0.1, -0.05) is 0 Å². The van der Waals surface area contributed by atoms with Crippen LogP contribution >= 0.6 is 0 Å². The van der Waals surface area contributed by atoms with E-state index in [1.165, 1.54) is 0 Å². The standard InChI is InChI=1S/C9H18F2N2O/c10-9(11)8(13-12)5-1-3-7-4-2-6-14-7/h7-9,13H,1-6,12H2. The van der Waals surface area contributed by atoms with Crippen molar-refractivity contribution in [3.63, 3.8) is 0 Å². The summed E-state index contributed by atoms with van der Waals surface area (Å²) < 4.78 is 29.8. The number of nitrogens with one attached hydrogen (secondary N) is 1. The smallest absolute Gasteiger partial charge is 0.255 e. The molecule has 3 nitrogen and oxygen atoms in total. The summed E-state index contributed by atoms with van der Waals surface area (Å²) in [6.45, 7) is 0.818. The summed E-state index contributed by atoms with van der Waals surface area (Å²) in [6.07, 6.45) is 2.08. The largest absolute Gasteiger partial charge is 0.378 e. The van der Waals surface area contributed by atoms with Crippen LogP contribution in [0.25, 0.3) is 0 Å². The van der Waals surface area contributed by atoms with E-state index in [4.69, 9.17) is 10.6 Å². The summed E-state index contributed by atoms with van der Waals surface area (Å²) in [5.74, 6) is 5.01. The van der Waals surface area contributed by atoms with E-state index in [1.807, 2.05) is 0 Å². The number of hydrogen-bond acceptors (Lipinski definition) is 3. The van der Waals surface area contributed by atoms with Gasteiger partial charge in [0.05, 0.1) is 12.1 Å². The van der Waals surface area contributed by atoms with Crippen LogP contribution in [-0.4, -0.2) is 25.2 Å². The third kappa shape index (κ3) is 3.86. The number of ether oxygens (including phenoxy) is 1. The minimum atomic E-state index is -2.38. The van der Waals surface area contributed by atoms with Crippen molar-refractivity contribution in [2.24, 2.45) is 5.84 Å². The molecule has 0 aromatic heterocycles. The number of hydrogen-bond donors (Lipinski definition) is 2. The van der Waals surface area contributed by atoms with Crippen molar-refractivity contribution in [3.8, 4) is 0 Å². The Labute approximate surface area is 83.0 Å². The molecule has 14 heavy (non-hydrogen) atoms. The molecule has 0 saturated carbocycles. The van der Waals surface area contributed by atoms with Gasteiger partial charge in [-0.3, -0.25) is 11.3 Å². The van der Waals surface area contributed by atoms with Gasteiger partial charge in [-0.2, -0.15) is 0 Å². The second-order valence-corrected chi connectivity index (χ2v) is 3.67. The predicted molar refractivity (Wildman–Crippen MR) is 49.9 cm³/mol. The van der Waals surface area contributed by atoms with Gasteiger partial charge in [0.25, 0.3) is 6.43 Å². The summed E-state index contributed by atoms with van der Waals surface area (Å²) >= 11 is 0. The zero-order chi connectivity index (χ0) is 10.4. The molecule has 5 heteroatoms. The van der Waals surface area contributed by atoms with Crippen molar-refractivity contribution in [3.05, 3.63) is 0 Å². The van der Waals surface area contributed by atoms with Crippen LogP contribution in [0, 0.1) is 0 Å². The SMILES string of the molecule is NNC(CCCC1CCCO1)C(F)F. The monoisotopic (exact) mass is 208 g/mol. The lowest BCUT2D eigenvalue weighted by molar-refractivity contribution is 0.0808. The van der Waals surface area contributed by atoms with Crippen LogP contribution in [0.5, 0.6) is 0 Å². The zero-order valence-electron chi connectivity index (χ0n) is 8.22. The fourth-order valence-corrected chi connectivity index (χ4v) is 1.72. The topological polar surface area (TPSA) is 47.3 Å². The molecule has 2 unspecified atom stereocenters. The predicted octanol–water partition coefficient (Wildman–Crippen LogP) is 1.43. The van der Waals surface area contributed by atoms with Gasteiger partial charge < -0.3 is 4.74 Å². The number of alkyl halides is 2. The Balaban J connectivity index is 2.06. The highest BCUT2D eigenvalue weighted by Crippen LogP contribution is 2.19. The average molecular weight is 208 g/mol. The molecule has 0 aromatic rings. The highest BCUT2D eigenvalue weighted by molar-refractivity contribution is 4.69. The normalized spacial score (nSPS) is 24.4. The van der Waals surface area contributed by atoms with Crippen molar-refractivity contribution >= 4 is 0 Å². The minimum Gasteiger partial charge on any atom is -0.378 e. The summed E-state index contributed by atoms with van der Waals surface area (Å²) in [4.78, 5) is 0. The fraction of sp³-hybridized carbons (Fsp3) is 1.00. The molecule has 1 aliphatic rings. The summed E-state index contributed by atoms with van der Waals surface area (Å²) in [7, 11) is 0. The molecule has 84 valence electrons. The van der Waals surface area contributed by atoms with E-state index < -0.39 is 12.5 Å². The molecule has 0 bridgehead atoms. The van der Waals surface area contributed by atoms with Gasteiger partial charge in [0.1, 0.15) is 0 Å². The van der Waals surface area contributed by atoms with Gasteiger partial charge in [0.15, 0.2) is 0 Å². The van der Waals surface area contributed by atoms with Gasteiger partial charge in [-0.15, -0.1) is 0 Å². The van der Waals surface area contributed by atoms with Gasteiger partial charge >= 0.3 is 0 Å². The van der Waals surface area contributed by atoms with E-state index in [0.29, 0.717) is 6.42 Å². The average Bonchev–Trinajstić information content (AvgIpc) is 2.64.